The first kappa shape index (κ1) is 14.9. The van der Waals surface area contributed by atoms with Crippen LogP contribution in [0.15, 0.2) is 6.07 Å². The van der Waals surface area contributed by atoms with Gasteiger partial charge in [0.1, 0.15) is 5.82 Å². The number of nitrogen functional groups attached to an aromatic ring is 1. The molecule has 0 aromatic carbocycles. The predicted octanol–water partition coefficient (Wildman–Crippen LogP) is 2.95. The van der Waals surface area contributed by atoms with Crippen molar-refractivity contribution in [2.24, 2.45) is 11.8 Å². The van der Waals surface area contributed by atoms with Gasteiger partial charge in [-0.2, -0.15) is 18.2 Å². The number of aromatic nitrogens is 2. The molecule has 112 valence electrons. The molecule has 2 rings (SSSR count). The average Bonchev–Trinajstić information content (AvgIpc) is 2.32. The standard InChI is InChI=1S/C13H19F3N4/c1-7-4-8(2)9(3)20(6-7)11-5-10(13(14,15)16)18-12(17)19-11/h5,7-9H,4,6H2,1-3H3,(H2,17,18,19). The Labute approximate surface area is 116 Å². The number of alkyl halides is 3. The lowest BCUT2D eigenvalue weighted by Crippen LogP contribution is -2.46. The number of halogens is 3. The molecule has 4 nitrogen and oxygen atoms in total. The van der Waals surface area contributed by atoms with Crippen LogP contribution in [0.3, 0.4) is 0 Å². The van der Waals surface area contributed by atoms with Gasteiger partial charge in [0.05, 0.1) is 0 Å². The molecule has 2 heterocycles. The van der Waals surface area contributed by atoms with Gasteiger partial charge in [-0.25, -0.2) is 4.98 Å². The second-order valence-corrected chi connectivity index (χ2v) is 5.68. The second kappa shape index (κ2) is 5.10. The zero-order valence-corrected chi connectivity index (χ0v) is 11.8. The summed E-state index contributed by atoms with van der Waals surface area (Å²) in [7, 11) is 0. The van der Waals surface area contributed by atoms with E-state index in [1.807, 2.05) is 11.8 Å². The first-order chi connectivity index (χ1) is 9.18. The van der Waals surface area contributed by atoms with Crippen molar-refractivity contribution in [3.8, 4) is 0 Å². The Morgan fingerprint density at radius 3 is 2.50 bits per heavy atom. The molecule has 1 fully saturated rings. The zero-order valence-electron chi connectivity index (χ0n) is 11.8. The minimum absolute atomic E-state index is 0.126. The van der Waals surface area contributed by atoms with Crippen LogP contribution < -0.4 is 10.6 Å². The van der Waals surface area contributed by atoms with E-state index in [0.717, 1.165) is 12.5 Å². The van der Waals surface area contributed by atoms with Gasteiger partial charge in [0, 0.05) is 18.7 Å². The van der Waals surface area contributed by atoms with Crippen molar-refractivity contribution in [3.63, 3.8) is 0 Å². The first-order valence-electron chi connectivity index (χ1n) is 6.67. The van der Waals surface area contributed by atoms with Gasteiger partial charge in [-0.1, -0.05) is 13.8 Å². The van der Waals surface area contributed by atoms with E-state index in [-0.39, 0.29) is 17.8 Å². The lowest BCUT2D eigenvalue weighted by Gasteiger charge is -2.42. The van der Waals surface area contributed by atoms with E-state index in [9.17, 15) is 13.2 Å². The lowest BCUT2D eigenvalue weighted by atomic mass is 9.86. The van der Waals surface area contributed by atoms with E-state index in [2.05, 4.69) is 23.8 Å². The Morgan fingerprint density at radius 1 is 1.25 bits per heavy atom. The number of nitrogens with zero attached hydrogens (tertiary/aromatic N) is 3. The van der Waals surface area contributed by atoms with Gasteiger partial charge >= 0.3 is 6.18 Å². The molecule has 20 heavy (non-hydrogen) atoms. The molecule has 0 bridgehead atoms. The Hall–Kier alpha value is -1.53. The summed E-state index contributed by atoms with van der Waals surface area (Å²) in [6.07, 6.45) is -3.45. The van der Waals surface area contributed by atoms with Gasteiger partial charge in [-0.3, -0.25) is 0 Å². The molecule has 3 unspecified atom stereocenters. The van der Waals surface area contributed by atoms with Crippen LogP contribution in [-0.4, -0.2) is 22.6 Å². The predicted molar refractivity (Wildman–Crippen MR) is 71.2 cm³/mol. The summed E-state index contributed by atoms with van der Waals surface area (Å²) >= 11 is 0. The molecule has 1 saturated heterocycles. The van der Waals surface area contributed by atoms with Crippen molar-refractivity contribution in [3.05, 3.63) is 11.8 Å². The smallest absolute Gasteiger partial charge is 0.368 e. The molecule has 0 radical (unpaired) electrons. The Balaban J connectivity index is 2.39. The fourth-order valence-corrected chi connectivity index (χ4v) is 2.76. The summed E-state index contributed by atoms with van der Waals surface area (Å²) in [6, 6.07) is 1.11. The Morgan fingerprint density at radius 2 is 1.90 bits per heavy atom. The van der Waals surface area contributed by atoms with Crippen LogP contribution in [0.5, 0.6) is 0 Å². The monoisotopic (exact) mass is 288 g/mol. The van der Waals surface area contributed by atoms with Gasteiger partial charge in [0.25, 0.3) is 0 Å². The molecule has 0 spiro atoms. The molecule has 1 aliphatic rings. The third-order valence-corrected chi connectivity index (χ3v) is 3.91. The van der Waals surface area contributed by atoms with Gasteiger partial charge in [-0.05, 0) is 25.2 Å². The SMILES string of the molecule is CC1CC(C)C(C)N(c2cc(C(F)(F)F)nc(N)n2)C1. The molecule has 0 saturated carbocycles. The van der Waals surface area contributed by atoms with E-state index in [4.69, 9.17) is 5.73 Å². The molecule has 2 N–H and O–H groups in total. The van der Waals surface area contributed by atoms with Gasteiger partial charge in [0.15, 0.2) is 5.69 Å². The van der Waals surface area contributed by atoms with Crippen molar-refractivity contribution in [2.45, 2.75) is 39.4 Å². The number of anilines is 2. The minimum atomic E-state index is -4.51. The Bertz CT molecular complexity index is 489. The van der Waals surface area contributed by atoms with Gasteiger partial charge in [-0.15, -0.1) is 0 Å². The van der Waals surface area contributed by atoms with Crippen LogP contribution in [-0.2, 0) is 6.18 Å². The largest absolute Gasteiger partial charge is 0.433 e. The number of rotatable bonds is 1. The maximum absolute atomic E-state index is 12.8. The van der Waals surface area contributed by atoms with Crippen LogP contribution in [0.25, 0.3) is 0 Å². The number of hydrogen-bond acceptors (Lipinski definition) is 4. The molecule has 1 aromatic rings. The third-order valence-electron chi connectivity index (χ3n) is 3.91. The molecule has 7 heteroatoms. The van der Waals surface area contributed by atoms with Gasteiger partial charge in [0.2, 0.25) is 5.95 Å². The van der Waals surface area contributed by atoms with Crippen LogP contribution in [0.4, 0.5) is 24.9 Å². The first-order valence-corrected chi connectivity index (χ1v) is 6.67. The molecule has 1 aliphatic heterocycles. The highest BCUT2D eigenvalue weighted by Crippen LogP contribution is 2.34. The highest BCUT2D eigenvalue weighted by molar-refractivity contribution is 5.45. The zero-order chi connectivity index (χ0) is 15.1. The third kappa shape index (κ3) is 2.96. The van der Waals surface area contributed by atoms with Crippen LogP contribution in [0.1, 0.15) is 32.9 Å². The maximum atomic E-state index is 12.8. The van der Waals surface area contributed by atoms with E-state index in [1.165, 1.54) is 0 Å². The van der Waals surface area contributed by atoms with E-state index >= 15 is 0 Å². The topological polar surface area (TPSA) is 55.0 Å². The fraction of sp³-hybridized carbons (Fsp3) is 0.692. The van der Waals surface area contributed by atoms with Crippen molar-refractivity contribution in [1.82, 2.24) is 9.97 Å². The van der Waals surface area contributed by atoms with Crippen molar-refractivity contribution < 1.29 is 13.2 Å². The van der Waals surface area contributed by atoms with E-state index in [1.54, 1.807) is 0 Å². The Kier molecular flexibility index (Phi) is 3.80. The van der Waals surface area contributed by atoms with Crippen LogP contribution in [0, 0.1) is 11.8 Å². The molecule has 1 aromatic heterocycles. The normalized spacial score (nSPS) is 27.7. The highest BCUT2D eigenvalue weighted by atomic mass is 19.4. The molecular formula is C13H19F3N4. The van der Waals surface area contributed by atoms with Crippen molar-refractivity contribution in [2.75, 3.05) is 17.2 Å². The minimum Gasteiger partial charge on any atom is -0.368 e. The second-order valence-electron chi connectivity index (χ2n) is 5.68. The van der Waals surface area contributed by atoms with E-state index in [0.29, 0.717) is 18.4 Å². The number of piperidine rings is 1. The fourth-order valence-electron chi connectivity index (χ4n) is 2.76. The van der Waals surface area contributed by atoms with Gasteiger partial charge < -0.3 is 10.6 Å². The van der Waals surface area contributed by atoms with E-state index < -0.39 is 11.9 Å². The average molecular weight is 288 g/mol. The lowest BCUT2D eigenvalue weighted by molar-refractivity contribution is -0.141. The summed E-state index contributed by atoms with van der Waals surface area (Å²) in [4.78, 5) is 9.16. The number of hydrogen-bond donors (Lipinski definition) is 1. The van der Waals surface area contributed by atoms with Crippen LogP contribution >= 0.6 is 0 Å². The summed E-state index contributed by atoms with van der Waals surface area (Å²) in [5.41, 5.74) is 4.44. The van der Waals surface area contributed by atoms with Crippen molar-refractivity contribution in [1.29, 1.82) is 0 Å². The highest BCUT2D eigenvalue weighted by Gasteiger charge is 2.36. The quantitative estimate of drug-likeness (QED) is 0.863. The van der Waals surface area contributed by atoms with Crippen molar-refractivity contribution >= 4 is 11.8 Å². The summed E-state index contributed by atoms with van der Waals surface area (Å²) in [5.74, 6) is 0.722. The number of nitrogens with two attached hydrogens (primary N) is 1. The molecular weight excluding hydrogens is 269 g/mol. The summed E-state index contributed by atoms with van der Waals surface area (Å²) in [6.45, 7) is 6.87. The maximum Gasteiger partial charge on any atom is 0.433 e. The summed E-state index contributed by atoms with van der Waals surface area (Å²) < 4.78 is 38.4. The molecule has 0 aliphatic carbocycles. The molecule has 0 amide bonds. The van der Waals surface area contributed by atoms with Crippen LogP contribution in [0.2, 0.25) is 0 Å². The molecule has 3 atom stereocenters. The summed E-state index contributed by atoms with van der Waals surface area (Å²) in [5, 5.41) is 0.